The summed E-state index contributed by atoms with van der Waals surface area (Å²) in [5, 5.41) is 0. The standard InChI is InChI=1S/C13H31NO2Si2/c1-6-16-18(5)13-9-11-14(18)10-7-8-12-17(3,4)15-2/h6-13H2,1-5H3. The van der Waals surface area contributed by atoms with Crippen LogP contribution in [0.25, 0.3) is 0 Å². The van der Waals surface area contributed by atoms with Crippen molar-refractivity contribution in [2.45, 2.75) is 57.9 Å². The molecule has 0 radical (unpaired) electrons. The molecule has 0 aliphatic carbocycles. The molecule has 3 nitrogen and oxygen atoms in total. The molecule has 18 heavy (non-hydrogen) atoms. The van der Waals surface area contributed by atoms with Gasteiger partial charge in [-0.05, 0) is 64.6 Å². The van der Waals surface area contributed by atoms with Crippen molar-refractivity contribution in [1.82, 2.24) is 4.57 Å². The molecule has 1 aliphatic rings. The summed E-state index contributed by atoms with van der Waals surface area (Å²) in [6.07, 6.45) is 3.94. The minimum Gasteiger partial charge on any atom is -0.420 e. The average molecular weight is 290 g/mol. The Morgan fingerprint density at radius 2 is 2.00 bits per heavy atom. The van der Waals surface area contributed by atoms with Gasteiger partial charge in [-0.3, -0.25) is 0 Å². The second-order valence-corrected chi connectivity index (χ2v) is 14.3. The largest absolute Gasteiger partial charge is 0.420 e. The van der Waals surface area contributed by atoms with Gasteiger partial charge in [-0.1, -0.05) is 6.42 Å². The highest BCUT2D eigenvalue weighted by Crippen LogP contribution is 2.27. The van der Waals surface area contributed by atoms with Crippen molar-refractivity contribution in [1.29, 1.82) is 0 Å². The van der Waals surface area contributed by atoms with Crippen LogP contribution >= 0.6 is 0 Å². The fraction of sp³-hybridized carbons (Fsp3) is 1.00. The second kappa shape index (κ2) is 7.19. The quantitative estimate of drug-likeness (QED) is 0.505. The first-order chi connectivity index (χ1) is 8.43. The van der Waals surface area contributed by atoms with E-state index >= 15 is 0 Å². The summed E-state index contributed by atoms with van der Waals surface area (Å²) in [4.78, 5) is 0. The van der Waals surface area contributed by atoms with E-state index in [0.717, 1.165) is 6.61 Å². The maximum atomic E-state index is 6.07. The highest BCUT2D eigenvalue weighted by molar-refractivity contribution is 6.71. The Morgan fingerprint density at radius 3 is 2.61 bits per heavy atom. The summed E-state index contributed by atoms with van der Waals surface area (Å²) in [6.45, 7) is 12.5. The molecule has 5 heteroatoms. The van der Waals surface area contributed by atoms with Gasteiger partial charge in [0.1, 0.15) is 0 Å². The predicted octanol–water partition coefficient (Wildman–Crippen LogP) is 3.43. The normalized spacial score (nSPS) is 25.8. The van der Waals surface area contributed by atoms with Crippen LogP contribution in [0.3, 0.4) is 0 Å². The van der Waals surface area contributed by atoms with Crippen molar-refractivity contribution in [3.05, 3.63) is 0 Å². The van der Waals surface area contributed by atoms with Crippen molar-refractivity contribution < 1.29 is 8.85 Å². The molecule has 1 rings (SSSR count). The summed E-state index contributed by atoms with van der Waals surface area (Å²) in [5.41, 5.74) is 0. The number of unbranched alkanes of at least 4 members (excludes halogenated alkanes) is 1. The number of nitrogens with zero attached hydrogens (tertiary/aromatic N) is 1. The Labute approximate surface area is 115 Å². The zero-order chi connectivity index (χ0) is 13.6. The summed E-state index contributed by atoms with van der Waals surface area (Å²) < 4.78 is 14.3. The number of rotatable bonds is 8. The van der Waals surface area contributed by atoms with Crippen LogP contribution < -0.4 is 0 Å². The van der Waals surface area contributed by atoms with Crippen LogP contribution in [0.2, 0.25) is 31.7 Å². The molecule has 0 bridgehead atoms. The van der Waals surface area contributed by atoms with Gasteiger partial charge in [0.05, 0.1) is 0 Å². The first kappa shape index (κ1) is 16.4. The lowest BCUT2D eigenvalue weighted by atomic mass is 10.3. The van der Waals surface area contributed by atoms with E-state index in [-0.39, 0.29) is 0 Å². The lowest BCUT2D eigenvalue weighted by Crippen LogP contribution is -2.49. The van der Waals surface area contributed by atoms with Gasteiger partial charge >= 0.3 is 0 Å². The highest BCUT2D eigenvalue weighted by atomic mass is 28.4. The van der Waals surface area contributed by atoms with Crippen LogP contribution in [0.1, 0.15) is 26.2 Å². The summed E-state index contributed by atoms with van der Waals surface area (Å²) >= 11 is 0. The maximum Gasteiger partial charge on any atom is 0.268 e. The molecule has 1 fully saturated rings. The van der Waals surface area contributed by atoms with E-state index in [9.17, 15) is 0 Å². The Balaban J connectivity index is 2.26. The van der Waals surface area contributed by atoms with Crippen LogP contribution in [-0.4, -0.2) is 48.2 Å². The Morgan fingerprint density at radius 1 is 1.28 bits per heavy atom. The van der Waals surface area contributed by atoms with Crippen LogP contribution in [-0.2, 0) is 8.85 Å². The van der Waals surface area contributed by atoms with E-state index in [1.807, 2.05) is 7.11 Å². The zero-order valence-electron chi connectivity index (χ0n) is 12.9. The first-order valence-electron chi connectivity index (χ1n) is 7.38. The van der Waals surface area contributed by atoms with E-state index < -0.39 is 16.8 Å². The van der Waals surface area contributed by atoms with Gasteiger partial charge in [0.25, 0.3) is 8.48 Å². The molecule has 1 unspecified atom stereocenters. The van der Waals surface area contributed by atoms with Crippen molar-refractivity contribution in [2.75, 3.05) is 26.8 Å². The van der Waals surface area contributed by atoms with Crippen molar-refractivity contribution in [3.63, 3.8) is 0 Å². The molecule has 1 saturated heterocycles. The molecule has 1 heterocycles. The Bertz CT molecular complexity index is 251. The fourth-order valence-electron chi connectivity index (χ4n) is 2.77. The third-order valence-electron chi connectivity index (χ3n) is 4.20. The minimum absolute atomic E-state index is 0.878. The zero-order valence-corrected chi connectivity index (χ0v) is 14.9. The second-order valence-electron chi connectivity index (χ2n) is 6.12. The van der Waals surface area contributed by atoms with Gasteiger partial charge in [0.2, 0.25) is 0 Å². The molecule has 108 valence electrons. The monoisotopic (exact) mass is 289 g/mol. The van der Waals surface area contributed by atoms with Gasteiger partial charge in [-0.25, -0.2) is 0 Å². The third-order valence-corrected chi connectivity index (χ3v) is 10.8. The van der Waals surface area contributed by atoms with Gasteiger partial charge in [-0.2, -0.15) is 0 Å². The average Bonchev–Trinajstić information content (AvgIpc) is 2.67. The Kier molecular flexibility index (Phi) is 6.54. The lowest BCUT2D eigenvalue weighted by molar-refractivity contribution is 0.268. The molecular formula is C13H31NO2Si2. The van der Waals surface area contributed by atoms with Gasteiger partial charge < -0.3 is 13.4 Å². The van der Waals surface area contributed by atoms with Crippen molar-refractivity contribution in [3.8, 4) is 0 Å². The van der Waals surface area contributed by atoms with Crippen LogP contribution in [0, 0.1) is 0 Å². The molecule has 1 atom stereocenters. The maximum absolute atomic E-state index is 6.07. The first-order valence-corrected chi connectivity index (χ1v) is 13.1. The molecule has 0 saturated carbocycles. The smallest absolute Gasteiger partial charge is 0.268 e. The summed E-state index contributed by atoms with van der Waals surface area (Å²) in [7, 11) is -0.983. The van der Waals surface area contributed by atoms with E-state index in [0.29, 0.717) is 0 Å². The predicted molar refractivity (Wildman–Crippen MR) is 82.8 cm³/mol. The molecule has 0 amide bonds. The number of hydrogen-bond donors (Lipinski definition) is 0. The van der Waals surface area contributed by atoms with Gasteiger partial charge in [-0.15, -0.1) is 0 Å². The van der Waals surface area contributed by atoms with Gasteiger partial charge in [0.15, 0.2) is 8.32 Å². The number of hydrogen-bond acceptors (Lipinski definition) is 3. The van der Waals surface area contributed by atoms with Crippen molar-refractivity contribution in [2.24, 2.45) is 0 Å². The molecule has 0 N–H and O–H groups in total. The summed E-state index contributed by atoms with van der Waals surface area (Å²) in [6, 6.07) is 2.60. The van der Waals surface area contributed by atoms with Crippen LogP contribution in [0.5, 0.6) is 0 Å². The SMILES string of the molecule is CCO[Si]1(C)CCCN1CCCC[Si](C)(C)OC. The van der Waals surface area contributed by atoms with Crippen LogP contribution in [0.15, 0.2) is 0 Å². The molecule has 0 aromatic rings. The summed E-state index contributed by atoms with van der Waals surface area (Å²) in [5.74, 6) is 0. The molecule has 1 aliphatic heterocycles. The third kappa shape index (κ3) is 4.77. The van der Waals surface area contributed by atoms with E-state index in [1.54, 1.807) is 0 Å². The van der Waals surface area contributed by atoms with E-state index in [4.69, 9.17) is 8.85 Å². The Hall–Kier alpha value is 0.314. The molecule has 0 spiro atoms. The molecule has 0 aromatic heterocycles. The van der Waals surface area contributed by atoms with Crippen LogP contribution in [0.4, 0.5) is 0 Å². The van der Waals surface area contributed by atoms with E-state index in [1.165, 1.54) is 44.4 Å². The lowest BCUT2D eigenvalue weighted by Gasteiger charge is -2.32. The van der Waals surface area contributed by atoms with Gasteiger partial charge in [0, 0.05) is 13.7 Å². The highest BCUT2D eigenvalue weighted by Gasteiger charge is 2.40. The molecular weight excluding hydrogens is 258 g/mol. The molecule has 0 aromatic carbocycles. The van der Waals surface area contributed by atoms with Crippen molar-refractivity contribution >= 4 is 16.8 Å². The fourth-order valence-corrected chi connectivity index (χ4v) is 7.42. The van der Waals surface area contributed by atoms with E-state index in [2.05, 4.69) is 31.1 Å². The minimum atomic E-state index is -1.51. The topological polar surface area (TPSA) is 21.7 Å².